The van der Waals surface area contributed by atoms with Crippen LogP contribution in [0.5, 0.6) is 0 Å². The Labute approximate surface area is 166 Å². The second kappa shape index (κ2) is 7.98. The highest BCUT2D eigenvalue weighted by atomic mass is 32.1. The molecular formula is C23H16N2O2S. The molecule has 4 nitrogen and oxygen atoms in total. The maximum absolute atomic E-state index is 10.7. The van der Waals surface area contributed by atoms with Gasteiger partial charge in [-0.2, -0.15) is 0 Å². The average molecular weight is 384 g/mol. The number of aromatic nitrogens is 1. The van der Waals surface area contributed by atoms with E-state index in [1.54, 1.807) is 23.5 Å². The Morgan fingerprint density at radius 2 is 1.29 bits per heavy atom. The average Bonchev–Trinajstić information content (AvgIpc) is 3.15. The first-order valence-corrected chi connectivity index (χ1v) is 9.55. The number of thiazole rings is 1. The molecule has 1 aromatic heterocycles. The molecule has 0 atom stereocenters. The van der Waals surface area contributed by atoms with E-state index >= 15 is 0 Å². The van der Waals surface area contributed by atoms with Gasteiger partial charge in [0.15, 0.2) is 0 Å². The van der Waals surface area contributed by atoms with E-state index in [4.69, 9.17) is 0 Å². The highest BCUT2D eigenvalue weighted by molar-refractivity contribution is 7.19. The molecule has 0 spiro atoms. The van der Waals surface area contributed by atoms with Crippen molar-refractivity contribution in [1.82, 2.24) is 4.98 Å². The quantitative estimate of drug-likeness (QED) is 0.223. The van der Waals surface area contributed by atoms with Gasteiger partial charge in [-0.25, -0.2) is 4.98 Å². The number of hydrogen-bond acceptors (Lipinski definition) is 4. The Hall–Kier alpha value is -3.57. The number of nitrogens with zero attached hydrogens (tertiary/aromatic N) is 2. The molecule has 3 aromatic carbocycles. The molecule has 0 saturated carbocycles. The van der Waals surface area contributed by atoms with Crippen LogP contribution in [-0.2, 0) is 0 Å². The predicted molar refractivity (Wildman–Crippen MR) is 117 cm³/mol. The minimum atomic E-state index is -0.395. The number of nitro groups is 1. The third-order valence-electron chi connectivity index (χ3n) is 4.24. The number of nitro benzene ring substituents is 1. The molecule has 4 aromatic rings. The molecule has 1 heterocycles. The summed E-state index contributed by atoms with van der Waals surface area (Å²) in [5.41, 5.74) is 4.22. The van der Waals surface area contributed by atoms with Gasteiger partial charge in [0.2, 0.25) is 0 Å². The smallest absolute Gasteiger partial charge is 0.258 e. The fourth-order valence-corrected chi connectivity index (χ4v) is 3.62. The normalized spacial score (nSPS) is 11.6. The molecule has 0 aliphatic heterocycles. The molecule has 0 saturated heterocycles. The molecule has 5 heteroatoms. The van der Waals surface area contributed by atoms with Crippen molar-refractivity contribution < 1.29 is 4.92 Å². The van der Waals surface area contributed by atoms with Crippen LogP contribution in [0, 0.1) is 10.1 Å². The summed E-state index contributed by atoms with van der Waals surface area (Å²) in [5, 5.41) is 11.7. The Kier molecular flexibility index (Phi) is 5.08. The van der Waals surface area contributed by atoms with Crippen LogP contribution in [0.4, 0.5) is 5.69 Å². The van der Waals surface area contributed by atoms with Crippen LogP contribution in [0.25, 0.3) is 34.5 Å². The molecule has 0 fully saturated rings. The molecule has 136 valence electrons. The highest BCUT2D eigenvalue weighted by Gasteiger charge is 2.02. The predicted octanol–water partition coefficient (Wildman–Crippen LogP) is 6.55. The van der Waals surface area contributed by atoms with Gasteiger partial charge in [-0.3, -0.25) is 10.1 Å². The van der Waals surface area contributed by atoms with E-state index in [2.05, 4.69) is 29.3 Å². The SMILES string of the molecule is O=[N+]([O-])c1ccc(/C=C/c2ccc(/C=C/c3nc4ccccc4s3)cc2)cc1. The Bertz CT molecular complexity index is 1140. The first-order chi connectivity index (χ1) is 13.7. The Morgan fingerprint density at radius 3 is 1.86 bits per heavy atom. The van der Waals surface area contributed by atoms with Gasteiger partial charge in [-0.15, -0.1) is 11.3 Å². The number of hydrogen-bond donors (Lipinski definition) is 0. The van der Waals surface area contributed by atoms with Gasteiger partial charge in [0, 0.05) is 12.1 Å². The monoisotopic (exact) mass is 384 g/mol. The summed E-state index contributed by atoms with van der Waals surface area (Å²) in [4.78, 5) is 14.9. The zero-order valence-electron chi connectivity index (χ0n) is 14.9. The second-order valence-electron chi connectivity index (χ2n) is 6.20. The topological polar surface area (TPSA) is 56.0 Å². The van der Waals surface area contributed by atoms with E-state index in [1.807, 2.05) is 48.6 Å². The Balaban J connectivity index is 1.43. The lowest BCUT2D eigenvalue weighted by atomic mass is 10.1. The van der Waals surface area contributed by atoms with E-state index in [0.29, 0.717) is 0 Å². The van der Waals surface area contributed by atoms with Crippen molar-refractivity contribution in [2.24, 2.45) is 0 Å². The molecule has 0 aliphatic rings. The molecule has 0 amide bonds. The summed E-state index contributed by atoms with van der Waals surface area (Å²) in [7, 11) is 0. The van der Waals surface area contributed by atoms with Crippen molar-refractivity contribution in [3.63, 3.8) is 0 Å². The summed E-state index contributed by atoms with van der Waals surface area (Å²) >= 11 is 1.68. The molecule has 0 aliphatic carbocycles. The van der Waals surface area contributed by atoms with Crippen LogP contribution >= 0.6 is 11.3 Å². The highest BCUT2D eigenvalue weighted by Crippen LogP contribution is 2.23. The van der Waals surface area contributed by atoms with E-state index in [-0.39, 0.29) is 5.69 Å². The zero-order chi connectivity index (χ0) is 19.3. The van der Waals surface area contributed by atoms with Crippen LogP contribution in [0.3, 0.4) is 0 Å². The molecule has 0 unspecified atom stereocenters. The van der Waals surface area contributed by atoms with Gasteiger partial charge in [0.05, 0.1) is 15.1 Å². The minimum Gasteiger partial charge on any atom is -0.258 e. The van der Waals surface area contributed by atoms with Gasteiger partial charge in [0.1, 0.15) is 5.01 Å². The molecule has 0 radical (unpaired) electrons. The summed E-state index contributed by atoms with van der Waals surface area (Å²) < 4.78 is 1.19. The van der Waals surface area contributed by atoms with Crippen LogP contribution in [0.2, 0.25) is 0 Å². The summed E-state index contributed by atoms with van der Waals surface area (Å²) in [6, 6.07) is 22.8. The van der Waals surface area contributed by atoms with Crippen molar-refractivity contribution in [3.8, 4) is 0 Å². The summed E-state index contributed by atoms with van der Waals surface area (Å²) in [6.07, 6.45) is 8.02. The van der Waals surface area contributed by atoms with E-state index in [0.717, 1.165) is 27.2 Å². The van der Waals surface area contributed by atoms with Crippen LogP contribution in [-0.4, -0.2) is 9.91 Å². The third-order valence-corrected chi connectivity index (χ3v) is 5.24. The van der Waals surface area contributed by atoms with Gasteiger partial charge in [-0.1, -0.05) is 54.6 Å². The number of para-hydroxylation sites is 1. The fraction of sp³-hybridized carbons (Fsp3) is 0. The second-order valence-corrected chi connectivity index (χ2v) is 7.26. The summed E-state index contributed by atoms with van der Waals surface area (Å²) in [6.45, 7) is 0. The molecule has 0 N–H and O–H groups in total. The minimum absolute atomic E-state index is 0.0985. The fourth-order valence-electron chi connectivity index (χ4n) is 2.75. The van der Waals surface area contributed by atoms with E-state index < -0.39 is 4.92 Å². The number of fused-ring (bicyclic) bond motifs is 1. The van der Waals surface area contributed by atoms with Crippen LogP contribution in [0.15, 0.2) is 72.8 Å². The standard InChI is InChI=1S/C23H16N2O2S/c26-25(27)20-14-11-19(12-15-20)10-7-17-5-8-18(9-6-17)13-16-23-24-21-3-1-2-4-22(21)28-23/h1-16H/b10-7+,16-13+. The number of benzene rings is 3. The van der Waals surface area contributed by atoms with Crippen molar-refractivity contribution in [2.45, 2.75) is 0 Å². The lowest BCUT2D eigenvalue weighted by Crippen LogP contribution is -1.86. The van der Waals surface area contributed by atoms with Gasteiger partial charge in [0.25, 0.3) is 5.69 Å². The first kappa shape index (κ1) is 17.8. The van der Waals surface area contributed by atoms with Gasteiger partial charge < -0.3 is 0 Å². The first-order valence-electron chi connectivity index (χ1n) is 8.74. The van der Waals surface area contributed by atoms with Gasteiger partial charge in [-0.05, 0) is 47.0 Å². The molecule has 4 rings (SSSR count). The maximum atomic E-state index is 10.7. The number of rotatable bonds is 5. The van der Waals surface area contributed by atoms with Crippen molar-refractivity contribution in [2.75, 3.05) is 0 Å². The van der Waals surface area contributed by atoms with E-state index in [1.165, 1.54) is 16.8 Å². The summed E-state index contributed by atoms with van der Waals surface area (Å²) in [5.74, 6) is 0. The van der Waals surface area contributed by atoms with Crippen molar-refractivity contribution >= 4 is 51.5 Å². The van der Waals surface area contributed by atoms with Crippen LogP contribution < -0.4 is 0 Å². The third kappa shape index (κ3) is 4.22. The zero-order valence-corrected chi connectivity index (χ0v) is 15.7. The van der Waals surface area contributed by atoms with Crippen molar-refractivity contribution in [3.05, 3.63) is 105 Å². The molecule has 0 bridgehead atoms. The molecule has 28 heavy (non-hydrogen) atoms. The lowest BCUT2D eigenvalue weighted by molar-refractivity contribution is -0.384. The number of non-ortho nitro benzene ring substituents is 1. The maximum Gasteiger partial charge on any atom is 0.269 e. The Morgan fingerprint density at radius 1 is 0.750 bits per heavy atom. The van der Waals surface area contributed by atoms with Gasteiger partial charge >= 0.3 is 0 Å². The van der Waals surface area contributed by atoms with Crippen LogP contribution in [0.1, 0.15) is 21.7 Å². The lowest BCUT2D eigenvalue weighted by Gasteiger charge is -1.97. The van der Waals surface area contributed by atoms with Crippen molar-refractivity contribution in [1.29, 1.82) is 0 Å². The van der Waals surface area contributed by atoms with E-state index in [9.17, 15) is 10.1 Å². The molecular weight excluding hydrogens is 368 g/mol. The largest absolute Gasteiger partial charge is 0.269 e.